The summed E-state index contributed by atoms with van der Waals surface area (Å²) < 4.78 is 10.4. The Morgan fingerprint density at radius 2 is 1.91 bits per heavy atom. The van der Waals surface area contributed by atoms with E-state index in [1.54, 1.807) is 24.4 Å². The van der Waals surface area contributed by atoms with Gasteiger partial charge in [-0.15, -0.1) is 0 Å². The first-order valence-electron chi connectivity index (χ1n) is 6.71. The molecule has 0 unspecified atom stereocenters. The van der Waals surface area contributed by atoms with Crippen molar-refractivity contribution in [2.75, 3.05) is 12.4 Å². The second-order valence-electron chi connectivity index (χ2n) is 4.60. The zero-order chi connectivity index (χ0) is 15.4. The molecule has 5 heteroatoms. The Hall–Kier alpha value is -3.08. The van der Waals surface area contributed by atoms with Gasteiger partial charge in [0.25, 0.3) is 5.91 Å². The molecular formula is C17H14N2O3. The number of methoxy groups -OCH3 is 1. The number of carbonyl (C=O) groups is 1. The van der Waals surface area contributed by atoms with Gasteiger partial charge in [-0.2, -0.15) is 0 Å². The highest BCUT2D eigenvalue weighted by Gasteiger charge is 2.11. The van der Waals surface area contributed by atoms with E-state index in [0.717, 1.165) is 5.56 Å². The smallest absolute Gasteiger partial charge is 0.259 e. The van der Waals surface area contributed by atoms with Crippen LogP contribution in [-0.4, -0.2) is 18.0 Å². The molecular weight excluding hydrogens is 280 g/mol. The number of hydrogen-bond donors (Lipinski definition) is 1. The van der Waals surface area contributed by atoms with Gasteiger partial charge in [-0.25, -0.2) is 4.98 Å². The predicted octanol–water partition coefficient (Wildman–Crippen LogP) is 3.60. The van der Waals surface area contributed by atoms with Crippen molar-refractivity contribution in [1.82, 2.24) is 4.98 Å². The van der Waals surface area contributed by atoms with Gasteiger partial charge in [-0.3, -0.25) is 4.79 Å². The maximum atomic E-state index is 12.3. The summed E-state index contributed by atoms with van der Waals surface area (Å²) in [5.74, 6) is 1.01. The van der Waals surface area contributed by atoms with Crippen molar-refractivity contribution in [2.45, 2.75) is 0 Å². The van der Waals surface area contributed by atoms with Gasteiger partial charge in [-0.1, -0.05) is 12.1 Å². The van der Waals surface area contributed by atoms with Gasteiger partial charge in [0.15, 0.2) is 12.2 Å². The molecule has 0 bridgehead atoms. The molecule has 3 rings (SSSR count). The van der Waals surface area contributed by atoms with Gasteiger partial charge >= 0.3 is 0 Å². The van der Waals surface area contributed by atoms with E-state index in [1.165, 1.54) is 13.5 Å². The predicted molar refractivity (Wildman–Crippen MR) is 82.9 cm³/mol. The zero-order valence-corrected chi connectivity index (χ0v) is 11.9. The first-order chi connectivity index (χ1) is 10.8. The molecule has 1 amide bonds. The van der Waals surface area contributed by atoms with Crippen LogP contribution in [0.4, 0.5) is 5.69 Å². The Bertz CT molecular complexity index is 765. The quantitative estimate of drug-likeness (QED) is 0.798. The second kappa shape index (κ2) is 6.13. The van der Waals surface area contributed by atoms with Crippen molar-refractivity contribution in [3.63, 3.8) is 0 Å². The Kier molecular flexibility index (Phi) is 3.87. The molecule has 0 spiro atoms. The average Bonchev–Trinajstić information content (AvgIpc) is 3.10. The molecule has 22 heavy (non-hydrogen) atoms. The van der Waals surface area contributed by atoms with Crippen molar-refractivity contribution in [3.05, 3.63) is 66.7 Å². The molecule has 0 fully saturated rings. The number of benzene rings is 2. The number of para-hydroxylation sites is 1. The minimum absolute atomic E-state index is 0.218. The Labute approximate surface area is 127 Å². The first kappa shape index (κ1) is 13.9. The molecule has 2 aromatic carbocycles. The number of nitrogens with one attached hydrogen (secondary N) is 1. The summed E-state index contributed by atoms with van der Waals surface area (Å²) in [6.45, 7) is 0. The Morgan fingerprint density at radius 3 is 2.59 bits per heavy atom. The van der Waals surface area contributed by atoms with Gasteiger partial charge in [-0.05, 0) is 36.4 Å². The maximum Gasteiger partial charge on any atom is 0.259 e. The fraction of sp³-hybridized carbons (Fsp3) is 0.0588. The third-order valence-corrected chi connectivity index (χ3v) is 3.21. The van der Waals surface area contributed by atoms with Gasteiger partial charge < -0.3 is 14.5 Å². The molecule has 1 aromatic heterocycles. The molecule has 0 radical (unpaired) electrons. The van der Waals surface area contributed by atoms with E-state index in [9.17, 15) is 4.79 Å². The van der Waals surface area contributed by atoms with Gasteiger partial charge in [0, 0.05) is 11.3 Å². The zero-order valence-electron chi connectivity index (χ0n) is 11.9. The summed E-state index contributed by atoms with van der Waals surface area (Å²) in [5, 5.41) is 2.84. The van der Waals surface area contributed by atoms with Crippen molar-refractivity contribution in [3.8, 4) is 17.1 Å². The van der Waals surface area contributed by atoms with E-state index in [-0.39, 0.29) is 5.91 Å². The molecule has 0 aliphatic carbocycles. The average molecular weight is 294 g/mol. The molecule has 1 N–H and O–H groups in total. The van der Waals surface area contributed by atoms with E-state index >= 15 is 0 Å². The van der Waals surface area contributed by atoms with E-state index in [2.05, 4.69) is 10.3 Å². The molecule has 110 valence electrons. The molecule has 0 saturated heterocycles. The maximum absolute atomic E-state index is 12.3. The van der Waals surface area contributed by atoms with E-state index in [1.807, 2.05) is 30.3 Å². The summed E-state index contributed by atoms with van der Waals surface area (Å²) in [6.07, 6.45) is 3.02. The molecule has 0 aliphatic rings. The third-order valence-electron chi connectivity index (χ3n) is 3.21. The fourth-order valence-corrected chi connectivity index (χ4v) is 2.11. The van der Waals surface area contributed by atoms with E-state index in [4.69, 9.17) is 9.15 Å². The molecule has 5 nitrogen and oxygen atoms in total. The Balaban J connectivity index is 1.77. The van der Waals surface area contributed by atoms with Crippen molar-refractivity contribution < 1.29 is 13.9 Å². The van der Waals surface area contributed by atoms with Crippen LogP contribution in [0.5, 0.6) is 5.75 Å². The van der Waals surface area contributed by atoms with Crippen LogP contribution >= 0.6 is 0 Å². The highest BCUT2D eigenvalue weighted by Crippen LogP contribution is 2.22. The van der Waals surface area contributed by atoms with Crippen LogP contribution in [0.1, 0.15) is 10.4 Å². The monoisotopic (exact) mass is 294 g/mol. The summed E-state index contributed by atoms with van der Waals surface area (Å²) in [6, 6.07) is 14.4. The number of nitrogens with zero attached hydrogens (tertiary/aromatic N) is 1. The normalized spacial score (nSPS) is 10.2. The number of amides is 1. The fourth-order valence-electron chi connectivity index (χ4n) is 2.11. The lowest BCUT2D eigenvalue weighted by molar-refractivity contribution is 0.102. The van der Waals surface area contributed by atoms with Crippen LogP contribution in [0.3, 0.4) is 0 Å². The third kappa shape index (κ3) is 2.83. The molecule has 3 aromatic rings. The number of oxazole rings is 1. The first-order valence-corrected chi connectivity index (χ1v) is 6.71. The van der Waals surface area contributed by atoms with Crippen LogP contribution < -0.4 is 10.1 Å². The molecule has 0 saturated carbocycles. The summed E-state index contributed by atoms with van der Waals surface area (Å²) in [5.41, 5.74) is 2.08. The van der Waals surface area contributed by atoms with E-state index < -0.39 is 0 Å². The lowest BCUT2D eigenvalue weighted by atomic mass is 10.1. The van der Waals surface area contributed by atoms with Crippen molar-refractivity contribution in [1.29, 1.82) is 0 Å². The number of hydrogen-bond acceptors (Lipinski definition) is 4. The van der Waals surface area contributed by atoms with Gasteiger partial charge in [0.05, 0.1) is 18.9 Å². The van der Waals surface area contributed by atoms with Crippen LogP contribution in [0.15, 0.2) is 65.5 Å². The second-order valence-corrected chi connectivity index (χ2v) is 4.60. The topological polar surface area (TPSA) is 64.4 Å². The summed E-state index contributed by atoms with van der Waals surface area (Å²) in [4.78, 5) is 16.2. The van der Waals surface area contributed by atoms with Crippen molar-refractivity contribution in [2.24, 2.45) is 0 Å². The van der Waals surface area contributed by atoms with E-state index in [0.29, 0.717) is 22.8 Å². The minimum Gasteiger partial charge on any atom is -0.496 e. The summed E-state index contributed by atoms with van der Waals surface area (Å²) in [7, 11) is 1.54. The SMILES string of the molecule is COc1ccccc1C(=O)Nc1ccc(-c2cnco2)cc1. The minimum atomic E-state index is -0.218. The largest absolute Gasteiger partial charge is 0.496 e. The molecule has 1 heterocycles. The van der Waals surface area contributed by atoms with Crippen molar-refractivity contribution >= 4 is 11.6 Å². The number of rotatable bonds is 4. The van der Waals surface area contributed by atoms with Crippen LogP contribution in [0, 0.1) is 0 Å². The number of aromatic nitrogens is 1. The highest BCUT2D eigenvalue weighted by atomic mass is 16.5. The van der Waals surface area contributed by atoms with Crippen LogP contribution in [-0.2, 0) is 0 Å². The molecule has 0 aliphatic heterocycles. The highest BCUT2D eigenvalue weighted by molar-refractivity contribution is 6.06. The van der Waals surface area contributed by atoms with Gasteiger partial charge in [0.2, 0.25) is 0 Å². The van der Waals surface area contributed by atoms with Crippen LogP contribution in [0.2, 0.25) is 0 Å². The lowest BCUT2D eigenvalue weighted by Gasteiger charge is -2.09. The van der Waals surface area contributed by atoms with Crippen LogP contribution in [0.25, 0.3) is 11.3 Å². The molecule has 0 atom stereocenters. The van der Waals surface area contributed by atoms with Gasteiger partial charge in [0.1, 0.15) is 5.75 Å². The summed E-state index contributed by atoms with van der Waals surface area (Å²) >= 11 is 0. The standard InChI is InChI=1S/C17H14N2O3/c1-21-15-5-3-2-4-14(15)17(20)19-13-8-6-12(7-9-13)16-10-18-11-22-16/h2-11H,1H3,(H,19,20). The number of carbonyl (C=O) groups excluding carboxylic acids is 1. The lowest BCUT2D eigenvalue weighted by Crippen LogP contribution is -2.12. The number of anilines is 1. The number of ether oxygens (including phenoxy) is 1. The Morgan fingerprint density at radius 1 is 1.14 bits per heavy atom.